The molecule has 3 heteroatoms. The van der Waals surface area contributed by atoms with E-state index in [1.54, 1.807) is 7.11 Å². The third-order valence-electron chi connectivity index (χ3n) is 3.87. The van der Waals surface area contributed by atoms with Gasteiger partial charge in [0.2, 0.25) is 0 Å². The molecule has 16 heavy (non-hydrogen) atoms. The second kappa shape index (κ2) is 6.87. The van der Waals surface area contributed by atoms with Crippen LogP contribution in [0.25, 0.3) is 0 Å². The summed E-state index contributed by atoms with van der Waals surface area (Å²) in [6, 6.07) is 0.715. The summed E-state index contributed by atoms with van der Waals surface area (Å²) in [5, 5.41) is 0. The molecule has 1 saturated carbocycles. The average Bonchev–Trinajstić information content (AvgIpc) is 3.08. The van der Waals surface area contributed by atoms with Crippen molar-refractivity contribution in [3.63, 3.8) is 0 Å². The molecule has 0 atom stereocenters. The highest BCUT2D eigenvalue weighted by Crippen LogP contribution is 2.47. The van der Waals surface area contributed by atoms with Crippen molar-refractivity contribution in [2.75, 3.05) is 32.6 Å². The molecule has 1 aliphatic rings. The zero-order valence-corrected chi connectivity index (χ0v) is 11.9. The summed E-state index contributed by atoms with van der Waals surface area (Å²) in [5.74, 6) is 1.04. The van der Waals surface area contributed by atoms with Gasteiger partial charge in [-0.25, -0.2) is 0 Å². The van der Waals surface area contributed by atoms with Gasteiger partial charge in [0.05, 0.1) is 6.61 Å². The molecule has 0 aromatic rings. The maximum atomic E-state index is 5.22. The van der Waals surface area contributed by atoms with Crippen molar-refractivity contribution in [1.29, 1.82) is 0 Å². The number of hydrogen-bond acceptors (Lipinski definition) is 3. The fourth-order valence-electron chi connectivity index (χ4n) is 2.38. The fourth-order valence-corrected chi connectivity index (χ4v) is 2.79. The minimum atomic E-state index is 0.527. The first-order valence-electron chi connectivity index (χ1n) is 6.55. The van der Waals surface area contributed by atoms with Gasteiger partial charge in [-0.15, -0.1) is 0 Å². The van der Waals surface area contributed by atoms with E-state index in [2.05, 4.69) is 31.4 Å². The lowest BCUT2D eigenvalue weighted by Crippen LogP contribution is -2.41. The molecule has 0 amide bonds. The lowest BCUT2D eigenvalue weighted by molar-refractivity contribution is 0.101. The predicted octanol–water partition coefficient (Wildman–Crippen LogP) is 2.83. The van der Waals surface area contributed by atoms with Crippen molar-refractivity contribution in [3.8, 4) is 0 Å². The van der Waals surface area contributed by atoms with Gasteiger partial charge in [-0.1, -0.05) is 13.8 Å². The van der Waals surface area contributed by atoms with Gasteiger partial charge in [-0.3, -0.25) is 4.90 Å². The molecule has 0 spiro atoms. The molecule has 0 radical (unpaired) electrons. The van der Waals surface area contributed by atoms with Gasteiger partial charge in [-0.05, 0) is 36.9 Å². The van der Waals surface area contributed by atoms with Crippen LogP contribution in [0.15, 0.2) is 0 Å². The van der Waals surface area contributed by atoms with Gasteiger partial charge >= 0.3 is 0 Å². The highest BCUT2D eigenvalue weighted by Gasteiger charge is 2.43. The van der Waals surface area contributed by atoms with Crippen molar-refractivity contribution >= 4 is 12.6 Å². The van der Waals surface area contributed by atoms with Crippen molar-refractivity contribution in [3.05, 3.63) is 0 Å². The van der Waals surface area contributed by atoms with E-state index in [-0.39, 0.29) is 0 Å². The van der Waals surface area contributed by atoms with Crippen LogP contribution in [0.2, 0.25) is 0 Å². The van der Waals surface area contributed by atoms with Crippen LogP contribution in [-0.4, -0.2) is 43.5 Å². The van der Waals surface area contributed by atoms with Crippen LogP contribution in [0.4, 0.5) is 0 Å². The quantitative estimate of drug-likeness (QED) is 0.627. The lowest BCUT2D eigenvalue weighted by Gasteiger charge is -2.33. The van der Waals surface area contributed by atoms with Gasteiger partial charge in [-0.2, -0.15) is 12.6 Å². The summed E-state index contributed by atoms with van der Waals surface area (Å²) in [6.45, 7) is 7.70. The predicted molar refractivity (Wildman–Crippen MR) is 73.3 cm³/mol. The van der Waals surface area contributed by atoms with Crippen LogP contribution < -0.4 is 0 Å². The van der Waals surface area contributed by atoms with Gasteiger partial charge < -0.3 is 4.74 Å². The molecule has 0 heterocycles. The Labute approximate surface area is 106 Å². The highest BCUT2D eigenvalue weighted by atomic mass is 32.1. The smallest absolute Gasteiger partial charge is 0.0589 e. The van der Waals surface area contributed by atoms with Crippen molar-refractivity contribution in [2.45, 2.75) is 45.6 Å². The van der Waals surface area contributed by atoms with E-state index in [4.69, 9.17) is 4.74 Å². The standard InChI is InChI=1S/C13H27NOS/c1-4-12(5-2)14(8-9-15-3)10-13(11-16)6-7-13/h12,16H,4-11H2,1-3H3. The van der Waals surface area contributed by atoms with Gasteiger partial charge in [0.1, 0.15) is 0 Å². The topological polar surface area (TPSA) is 12.5 Å². The normalized spacial score (nSPS) is 18.4. The Hall–Kier alpha value is 0.270. The largest absolute Gasteiger partial charge is 0.383 e. The minimum Gasteiger partial charge on any atom is -0.383 e. The zero-order valence-electron chi connectivity index (χ0n) is 11.0. The maximum Gasteiger partial charge on any atom is 0.0589 e. The Balaban J connectivity index is 2.48. The van der Waals surface area contributed by atoms with E-state index in [9.17, 15) is 0 Å². The monoisotopic (exact) mass is 245 g/mol. The minimum absolute atomic E-state index is 0.527. The first-order chi connectivity index (χ1) is 7.71. The van der Waals surface area contributed by atoms with E-state index in [1.165, 1.54) is 32.2 Å². The van der Waals surface area contributed by atoms with Crippen molar-refractivity contribution < 1.29 is 4.74 Å². The van der Waals surface area contributed by atoms with E-state index < -0.39 is 0 Å². The van der Waals surface area contributed by atoms with E-state index in [0.717, 1.165) is 18.9 Å². The van der Waals surface area contributed by atoms with Gasteiger partial charge in [0.15, 0.2) is 0 Å². The summed E-state index contributed by atoms with van der Waals surface area (Å²) in [4.78, 5) is 2.62. The van der Waals surface area contributed by atoms with Crippen molar-refractivity contribution in [2.24, 2.45) is 5.41 Å². The maximum absolute atomic E-state index is 5.22. The Bertz CT molecular complexity index is 190. The molecule has 0 unspecified atom stereocenters. The van der Waals surface area contributed by atoms with E-state index >= 15 is 0 Å². The Morgan fingerprint density at radius 2 is 1.94 bits per heavy atom. The number of rotatable bonds is 9. The Morgan fingerprint density at radius 3 is 2.31 bits per heavy atom. The van der Waals surface area contributed by atoms with Crippen LogP contribution in [0.1, 0.15) is 39.5 Å². The number of thiol groups is 1. The molecular weight excluding hydrogens is 218 g/mol. The molecular formula is C13H27NOS. The van der Waals surface area contributed by atoms with Crippen LogP contribution in [0.5, 0.6) is 0 Å². The average molecular weight is 245 g/mol. The van der Waals surface area contributed by atoms with E-state index in [1.807, 2.05) is 0 Å². The fraction of sp³-hybridized carbons (Fsp3) is 1.00. The highest BCUT2D eigenvalue weighted by molar-refractivity contribution is 7.80. The number of hydrogen-bond donors (Lipinski definition) is 1. The molecule has 96 valence electrons. The third-order valence-corrected chi connectivity index (χ3v) is 4.54. The lowest BCUT2D eigenvalue weighted by atomic mass is 10.1. The first kappa shape index (κ1) is 14.3. The SMILES string of the molecule is CCC(CC)N(CCOC)CC1(CS)CC1. The molecule has 0 aliphatic heterocycles. The number of nitrogens with zero attached hydrogens (tertiary/aromatic N) is 1. The van der Waals surface area contributed by atoms with Crippen LogP contribution in [0.3, 0.4) is 0 Å². The van der Waals surface area contributed by atoms with Crippen LogP contribution in [-0.2, 0) is 4.74 Å². The second-order valence-electron chi connectivity index (χ2n) is 5.09. The molecule has 1 rings (SSSR count). The van der Waals surface area contributed by atoms with Crippen LogP contribution in [0, 0.1) is 5.41 Å². The van der Waals surface area contributed by atoms with Gasteiger partial charge in [0.25, 0.3) is 0 Å². The number of methoxy groups -OCH3 is 1. The summed E-state index contributed by atoms with van der Waals surface area (Å²) < 4.78 is 5.22. The molecule has 0 N–H and O–H groups in total. The second-order valence-corrected chi connectivity index (χ2v) is 5.41. The van der Waals surface area contributed by atoms with E-state index in [0.29, 0.717) is 11.5 Å². The molecule has 0 aromatic heterocycles. The van der Waals surface area contributed by atoms with Crippen LogP contribution >= 0.6 is 12.6 Å². The Morgan fingerprint density at radius 1 is 1.31 bits per heavy atom. The molecule has 0 bridgehead atoms. The summed E-state index contributed by atoms with van der Waals surface area (Å²) in [6.07, 6.45) is 5.20. The first-order valence-corrected chi connectivity index (χ1v) is 7.18. The molecule has 2 nitrogen and oxygen atoms in total. The summed E-state index contributed by atoms with van der Waals surface area (Å²) in [5.41, 5.74) is 0.527. The van der Waals surface area contributed by atoms with Crippen molar-refractivity contribution in [1.82, 2.24) is 4.90 Å². The summed E-state index contributed by atoms with van der Waals surface area (Å²) >= 11 is 4.50. The molecule has 0 aromatic carbocycles. The van der Waals surface area contributed by atoms with Gasteiger partial charge in [0, 0.05) is 26.2 Å². The third kappa shape index (κ3) is 3.94. The molecule has 1 fully saturated rings. The molecule has 0 saturated heterocycles. The zero-order chi connectivity index (χ0) is 12.0. The number of ether oxygens (including phenoxy) is 1. The molecule has 1 aliphatic carbocycles. The Kier molecular flexibility index (Phi) is 6.16. The summed E-state index contributed by atoms with van der Waals surface area (Å²) in [7, 11) is 1.79.